The summed E-state index contributed by atoms with van der Waals surface area (Å²) in [5.74, 6) is 0.742. The molecular weight excluding hydrogens is 200 g/mol. The SMILES string of the molecule is CNC(C)CC(C)N(C)CC1CCCOC1. The minimum absolute atomic E-state index is 0.597. The van der Waals surface area contributed by atoms with Gasteiger partial charge in [-0.15, -0.1) is 0 Å². The Balaban J connectivity index is 2.24. The van der Waals surface area contributed by atoms with Crippen molar-refractivity contribution >= 4 is 0 Å². The van der Waals surface area contributed by atoms with E-state index in [0.29, 0.717) is 12.1 Å². The molecule has 1 saturated heterocycles. The van der Waals surface area contributed by atoms with Crippen LogP contribution in [0.3, 0.4) is 0 Å². The molecule has 16 heavy (non-hydrogen) atoms. The van der Waals surface area contributed by atoms with Crippen LogP contribution in [-0.2, 0) is 4.74 Å². The summed E-state index contributed by atoms with van der Waals surface area (Å²) < 4.78 is 5.53. The average molecular weight is 228 g/mol. The number of ether oxygens (including phenoxy) is 1. The standard InChI is InChI=1S/C13H28N2O/c1-11(14-3)8-12(2)15(4)9-13-6-5-7-16-10-13/h11-14H,5-10H2,1-4H3. The lowest BCUT2D eigenvalue weighted by Crippen LogP contribution is -2.39. The monoisotopic (exact) mass is 228 g/mol. The Morgan fingerprint density at radius 1 is 1.44 bits per heavy atom. The highest BCUT2D eigenvalue weighted by Gasteiger charge is 2.19. The summed E-state index contributed by atoms with van der Waals surface area (Å²) in [5.41, 5.74) is 0. The number of nitrogens with one attached hydrogen (secondary N) is 1. The van der Waals surface area contributed by atoms with Gasteiger partial charge >= 0.3 is 0 Å². The summed E-state index contributed by atoms with van der Waals surface area (Å²) in [7, 11) is 4.27. The normalized spacial score (nSPS) is 25.7. The van der Waals surface area contributed by atoms with E-state index >= 15 is 0 Å². The lowest BCUT2D eigenvalue weighted by Gasteiger charge is -2.32. The van der Waals surface area contributed by atoms with Gasteiger partial charge in [-0.25, -0.2) is 0 Å². The lowest BCUT2D eigenvalue weighted by molar-refractivity contribution is 0.0362. The van der Waals surface area contributed by atoms with Gasteiger partial charge in [-0.3, -0.25) is 0 Å². The number of rotatable bonds is 6. The first-order valence-corrected chi connectivity index (χ1v) is 6.58. The molecule has 0 saturated carbocycles. The quantitative estimate of drug-likeness (QED) is 0.749. The van der Waals surface area contributed by atoms with Gasteiger partial charge in [0.15, 0.2) is 0 Å². The van der Waals surface area contributed by atoms with E-state index < -0.39 is 0 Å². The summed E-state index contributed by atoms with van der Waals surface area (Å²) in [4.78, 5) is 2.48. The smallest absolute Gasteiger partial charge is 0.0506 e. The van der Waals surface area contributed by atoms with E-state index in [9.17, 15) is 0 Å². The van der Waals surface area contributed by atoms with Crippen LogP contribution in [0, 0.1) is 5.92 Å². The maximum absolute atomic E-state index is 5.53. The van der Waals surface area contributed by atoms with Gasteiger partial charge in [0, 0.05) is 25.2 Å². The molecular formula is C13H28N2O. The number of hydrogen-bond donors (Lipinski definition) is 1. The second kappa shape index (κ2) is 7.25. The van der Waals surface area contributed by atoms with Gasteiger partial charge in [-0.2, -0.15) is 0 Å². The molecule has 0 bridgehead atoms. The number of nitrogens with zero attached hydrogens (tertiary/aromatic N) is 1. The molecule has 0 aliphatic carbocycles. The van der Waals surface area contributed by atoms with Crippen LogP contribution in [-0.4, -0.2) is 50.8 Å². The third kappa shape index (κ3) is 4.81. The van der Waals surface area contributed by atoms with Gasteiger partial charge in [0.25, 0.3) is 0 Å². The van der Waals surface area contributed by atoms with Crippen LogP contribution in [0.1, 0.15) is 33.1 Å². The molecule has 3 heteroatoms. The summed E-state index contributed by atoms with van der Waals surface area (Å²) in [6.45, 7) is 7.66. The molecule has 0 spiro atoms. The number of hydrogen-bond acceptors (Lipinski definition) is 3. The molecule has 1 rings (SSSR count). The molecule has 0 aromatic rings. The molecule has 1 heterocycles. The molecule has 1 fully saturated rings. The van der Waals surface area contributed by atoms with E-state index in [2.05, 4.69) is 31.1 Å². The fraction of sp³-hybridized carbons (Fsp3) is 1.00. The van der Waals surface area contributed by atoms with Crippen LogP contribution in [0.5, 0.6) is 0 Å². The summed E-state index contributed by atoms with van der Waals surface area (Å²) in [6.07, 6.45) is 3.78. The highest BCUT2D eigenvalue weighted by molar-refractivity contribution is 4.73. The summed E-state index contributed by atoms with van der Waals surface area (Å²) in [6, 6.07) is 1.24. The molecule has 0 amide bonds. The zero-order valence-corrected chi connectivity index (χ0v) is 11.3. The molecule has 3 unspecified atom stereocenters. The lowest BCUT2D eigenvalue weighted by atomic mass is 10.0. The van der Waals surface area contributed by atoms with Gasteiger partial charge in [-0.1, -0.05) is 0 Å². The van der Waals surface area contributed by atoms with Crippen molar-refractivity contribution in [3.8, 4) is 0 Å². The van der Waals surface area contributed by atoms with Gasteiger partial charge in [-0.05, 0) is 53.1 Å². The second-order valence-corrected chi connectivity index (χ2v) is 5.30. The predicted octanol–water partition coefficient (Wildman–Crippen LogP) is 1.73. The molecule has 0 aromatic carbocycles. The third-order valence-electron chi connectivity index (χ3n) is 3.74. The zero-order valence-electron chi connectivity index (χ0n) is 11.3. The first-order chi connectivity index (χ1) is 7.63. The van der Waals surface area contributed by atoms with Crippen LogP contribution in [0.25, 0.3) is 0 Å². The van der Waals surface area contributed by atoms with E-state index in [1.807, 2.05) is 7.05 Å². The molecule has 1 aliphatic rings. The van der Waals surface area contributed by atoms with Crippen molar-refractivity contribution in [2.24, 2.45) is 5.92 Å². The van der Waals surface area contributed by atoms with E-state index in [0.717, 1.165) is 19.1 Å². The van der Waals surface area contributed by atoms with E-state index in [-0.39, 0.29) is 0 Å². The van der Waals surface area contributed by atoms with E-state index in [4.69, 9.17) is 4.74 Å². The Labute approximate surface area is 101 Å². The molecule has 3 atom stereocenters. The second-order valence-electron chi connectivity index (χ2n) is 5.30. The van der Waals surface area contributed by atoms with Crippen LogP contribution in [0.15, 0.2) is 0 Å². The minimum atomic E-state index is 0.597. The van der Waals surface area contributed by atoms with Gasteiger partial charge in [0.05, 0.1) is 6.61 Å². The van der Waals surface area contributed by atoms with Crippen LogP contribution in [0.2, 0.25) is 0 Å². The van der Waals surface area contributed by atoms with Crippen molar-refractivity contribution in [3.63, 3.8) is 0 Å². The van der Waals surface area contributed by atoms with Crippen molar-refractivity contribution < 1.29 is 4.74 Å². The average Bonchev–Trinajstić information content (AvgIpc) is 2.30. The first-order valence-electron chi connectivity index (χ1n) is 6.58. The fourth-order valence-corrected chi connectivity index (χ4v) is 2.35. The molecule has 96 valence electrons. The molecule has 1 N–H and O–H groups in total. The maximum Gasteiger partial charge on any atom is 0.0506 e. The van der Waals surface area contributed by atoms with Crippen molar-refractivity contribution in [2.75, 3.05) is 33.9 Å². The van der Waals surface area contributed by atoms with E-state index in [1.165, 1.54) is 25.8 Å². The van der Waals surface area contributed by atoms with Gasteiger partial charge in [0.1, 0.15) is 0 Å². The van der Waals surface area contributed by atoms with Gasteiger partial charge in [0.2, 0.25) is 0 Å². The Bertz CT molecular complexity index is 181. The Kier molecular flexibility index (Phi) is 6.32. The largest absolute Gasteiger partial charge is 0.381 e. The minimum Gasteiger partial charge on any atom is -0.381 e. The Morgan fingerprint density at radius 2 is 2.19 bits per heavy atom. The highest BCUT2D eigenvalue weighted by atomic mass is 16.5. The van der Waals surface area contributed by atoms with Gasteiger partial charge < -0.3 is 15.0 Å². The summed E-state index contributed by atoms with van der Waals surface area (Å²) in [5, 5.41) is 3.30. The highest BCUT2D eigenvalue weighted by Crippen LogP contribution is 2.16. The van der Waals surface area contributed by atoms with Crippen molar-refractivity contribution in [2.45, 2.75) is 45.2 Å². The zero-order chi connectivity index (χ0) is 12.0. The van der Waals surface area contributed by atoms with Crippen molar-refractivity contribution in [1.82, 2.24) is 10.2 Å². The van der Waals surface area contributed by atoms with Crippen LogP contribution >= 0.6 is 0 Å². The predicted molar refractivity (Wildman–Crippen MR) is 68.8 cm³/mol. The molecule has 1 aliphatic heterocycles. The van der Waals surface area contributed by atoms with Crippen molar-refractivity contribution in [3.05, 3.63) is 0 Å². The van der Waals surface area contributed by atoms with Crippen LogP contribution < -0.4 is 5.32 Å². The summed E-state index contributed by atoms with van der Waals surface area (Å²) >= 11 is 0. The first kappa shape index (κ1) is 13.9. The maximum atomic E-state index is 5.53. The Morgan fingerprint density at radius 3 is 2.75 bits per heavy atom. The third-order valence-corrected chi connectivity index (χ3v) is 3.74. The van der Waals surface area contributed by atoms with Crippen molar-refractivity contribution in [1.29, 1.82) is 0 Å². The molecule has 3 nitrogen and oxygen atoms in total. The molecule has 0 radical (unpaired) electrons. The Hall–Kier alpha value is -0.120. The molecule has 0 aromatic heterocycles. The van der Waals surface area contributed by atoms with E-state index in [1.54, 1.807) is 0 Å². The topological polar surface area (TPSA) is 24.5 Å². The van der Waals surface area contributed by atoms with Crippen LogP contribution in [0.4, 0.5) is 0 Å². The fourth-order valence-electron chi connectivity index (χ4n) is 2.35.